The lowest BCUT2D eigenvalue weighted by Crippen LogP contribution is -2.29. The molecule has 0 unspecified atom stereocenters. The summed E-state index contributed by atoms with van der Waals surface area (Å²) in [4.78, 5) is 21.8. The number of nitrogens with one attached hydrogen (secondary N) is 1. The smallest absolute Gasteiger partial charge is 0.333 e. The highest BCUT2D eigenvalue weighted by molar-refractivity contribution is 8.04. The fourth-order valence-corrected chi connectivity index (χ4v) is 2.40. The number of amides is 1. The van der Waals surface area contributed by atoms with E-state index < -0.39 is 9.84 Å². The number of hydrogen-bond acceptors (Lipinski definition) is 4. The van der Waals surface area contributed by atoms with Gasteiger partial charge in [0.25, 0.3) is 0 Å². The van der Waals surface area contributed by atoms with E-state index >= 15 is 0 Å². The van der Waals surface area contributed by atoms with Crippen LogP contribution >= 0.6 is 0 Å². The number of hydrogen-bond donors (Lipinski definition) is 1. The average molecular weight is 282 g/mol. The van der Waals surface area contributed by atoms with Gasteiger partial charge in [-0.05, 0) is 18.1 Å². The summed E-state index contributed by atoms with van der Waals surface area (Å²) >= 11 is 0. The second-order valence-electron chi connectivity index (χ2n) is 4.39. The molecule has 0 saturated carbocycles. The first-order chi connectivity index (χ1) is 8.88. The van der Waals surface area contributed by atoms with Crippen molar-refractivity contribution in [1.29, 1.82) is 0 Å². The maximum absolute atomic E-state index is 11.5. The van der Waals surface area contributed by atoms with Crippen LogP contribution in [0.15, 0.2) is 29.2 Å². The van der Waals surface area contributed by atoms with Gasteiger partial charge in [0.15, 0.2) is 0 Å². The first-order valence-corrected chi connectivity index (χ1v) is 7.36. The molecule has 0 bridgehead atoms. The van der Waals surface area contributed by atoms with E-state index in [0.29, 0.717) is 18.5 Å². The molecule has 0 aliphatic rings. The number of sulfone groups is 1. The summed E-state index contributed by atoms with van der Waals surface area (Å²) in [6.45, 7) is 3.87. The van der Waals surface area contributed by atoms with Crippen LogP contribution < -0.4 is 5.32 Å². The van der Waals surface area contributed by atoms with Crippen LogP contribution in [0.25, 0.3) is 0 Å². The minimum atomic E-state index is -4.01. The van der Waals surface area contributed by atoms with E-state index in [4.69, 9.17) is 0 Å². The fraction of sp³-hybridized carbons (Fsp3) is 0.385. The van der Waals surface area contributed by atoms with Crippen LogP contribution in [-0.2, 0) is 25.8 Å². The normalized spacial score (nSPS) is 11.3. The molecule has 1 aromatic carbocycles. The van der Waals surface area contributed by atoms with Crippen molar-refractivity contribution >= 4 is 21.4 Å². The van der Waals surface area contributed by atoms with Crippen LogP contribution in [-0.4, -0.2) is 26.5 Å². The third kappa shape index (κ3) is 4.17. The number of carbonyl (C=O) groups excluding carboxylic acids is 2. The van der Waals surface area contributed by atoms with Gasteiger partial charge in [0.1, 0.15) is 0 Å². The Morgan fingerprint density at radius 1 is 1.32 bits per heavy atom. The van der Waals surface area contributed by atoms with Gasteiger partial charge in [-0.1, -0.05) is 32.0 Å². The predicted molar refractivity (Wildman–Crippen MR) is 70.9 cm³/mol. The fourth-order valence-electron chi connectivity index (χ4n) is 1.54. The highest BCUT2D eigenvalue weighted by atomic mass is 32.2. The molecule has 0 aromatic heterocycles. The molecule has 6 heteroatoms. The molecule has 0 aliphatic heterocycles. The highest BCUT2D eigenvalue weighted by Gasteiger charge is 2.18. The monoisotopic (exact) mass is 282 g/mol. The van der Waals surface area contributed by atoms with E-state index in [1.807, 2.05) is 0 Å². The largest absolute Gasteiger partial charge is 0.356 e. The maximum atomic E-state index is 11.5. The van der Waals surface area contributed by atoms with Gasteiger partial charge >= 0.3 is 5.62 Å². The predicted octanol–water partition coefficient (Wildman–Crippen LogP) is 0.842. The molecule has 0 fully saturated rings. The summed E-state index contributed by atoms with van der Waals surface area (Å²) in [7, 11) is -4.01. The summed E-state index contributed by atoms with van der Waals surface area (Å²) in [5, 5.41) is 2.69. The molecule has 0 heterocycles. The molecule has 0 atom stereocenters. The van der Waals surface area contributed by atoms with Crippen LogP contribution in [0, 0.1) is 5.92 Å². The summed E-state index contributed by atoms with van der Waals surface area (Å²) in [6.07, 6.45) is 0.343. The van der Waals surface area contributed by atoms with Crippen LogP contribution in [0.1, 0.15) is 19.4 Å². The van der Waals surface area contributed by atoms with Gasteiger partial charge in [-0.25, -0.2) is 8.42 Å². The first kappa shape index (κ1) is 15.4. The van der Waals surface area contributed by atoms with Gasteiger partial charge in [0, 0.05) is 12.5 Å². The van der Waals surface area contributed by atoms with Crippen molar-refractivity contribution in [3.63, 3.8) is 0 Å². The third-order valence-corrected chi connectivity index (χ3v) is 3.79. The standard InChI is InChI=1S/C13H16NO4S/c1-10(2)13(16)14-8-7-11-5-3-4-6-12(11)19(17,18)9-15/h3-6,10H,7-8H2,1-2H3,(H,14,16). The summed E-state index contributed by atoms with van der Waals surface area (Å²) in [5.74, 6) is -0.218. The highest BCUT2D eigenvalue weighted by Crippen LogP contribution is 2.15. The molecule has 1 aromatic rings. The van der Waals surface area contributed by atoms with Gasteiger partial charge in [0.05, 0.1) is 4.90 Å². The number of carbonyl (C=O) groups is 1. The Kier molecular flexibility index (Phi) is 5.23. The Hall–Kier alpha value is -1.69. The van der Waals surface area contributed by atoms with Crippen molar-refractivity contribution in [2.45, 2.75) is 25.2 Å². The number of rotatable bonds is 6. The summed E-state index contributed by atoms with van der Waals surface area (Å²) in [6, 6.07) is 6.20. The SMILES string of the molecule is CC(C)C(=O)NCCc1ccccc1S(=O)(=O)[C]=O. The molecule has 0 spiro atoms. The second kappa shape index (κ2) is 6.47. The van der Waals surface area contributed by atoms with Crippen molar-refractivity contribution < 1.29 is 18.0 Å². The van der Waals surface area contributed by atoms with Crippen molar-refractivity contribution in [2.24, 2.45) is 5.92 Å². The first-order valence-electron chi connectivity index (χ1n) is 5.88. The van der Waals surface area contributed by atoms with Crippen molar-refractivity contribution in [1.82, 2.24) is 5.32 Å². The molecular formula is C13H16NO4S. The zero-order valence-corrected chi connectivity index (χ0v) is 11.7. The average Bonchev–Trinajstić information content (AvgIpc) is 2.39. The second-order valence-corrected chi connectivity index (χ2v) is 6.00. The van der Waals surface area contributed by atoms with Crippen molar-refractivity contribution in [3.05, 3.63) is 29.8 Å². The molecule has 1 rings (SSSR count). The Morgan fingerprint density at radius 2 is 1.95 bits per heavy atom. The Labute approximate surface area is 112 Å². The Morgan fingerprint density at radius 3 is 2.53 bits per heavy atom. The van der Waals surface area contributed by atoms with Crippen molar-refractivity contribution in [3.8, 4) is 0 Å². The molecule has 0 aliphatic carbocycles. The lowest BCUT2D eigenvalue weighted by Gasteiger charge is -2.09. The molecule has 19 heavy (non-hydrogen) atoms. The van der Waals surface area contributed by atoms with Gasteiger partial charge < -0.3 is 5.32 Å². The maximum Gasteiger partial charge on any atom is 0.333 e. The molecule has 1 amide bonds. The van der Waals surface area contributed by atoms with E-state index in [1.165, 1.54) is 6.07 Å². The van der Waals surface area contributed by atoms with Gasteiger partial charge in [-0.2, -0.15) is 0 Å². The zero-order chi connectivity index (χ0) is 14.5. The molecule has 0 saturated heterocycles. The van der Waals surface area contributed by atoms with Gasteiger partial charge in [-0.3, -0.25) is 9.59 Å². The Balaban J connectivity index is 2.80. The Bertz CT molecular complexity index is 564. The third-order valence-electron chi connectivity index (χ3n) is 2.59. The van der Waals surface area contributed by atoms with Crippen LogP contribution in [0.5, 0.6) is 0 Å². The molecule has 1 radical (unpaired) electrons. The van der Waals surface area contributed by atoms with E-state index in [2.05, 4.69) is 5.32 Å². The molecule has 103 valence electrons. The van der Waals surface area contributed by atoms with Crippen LogP contribution in [0.4, 0.5) is 0 Å². The summed E-state index contributed by atoms with van der Waals surface area (Å²) < 4.78 is 23.0. The quantitative estimate of drug-likeness (QED) is 0.838. The lowest BCUT2D eigenvalue weighted by atomic mass is 10.1. The van der Waals surface area contributed by atoms with Gasteiger partial charge in [-0.15, -0.1) is 0 Å². The van der Waals surface area contributed by atoms with E-state index in [-0.39, 0.29) is 16.7 Å². The number of benzene rings is 1. The lowest BCUT2D eigenvalue weighted by molar-refractivity contribution is -0.123. The summed E-state index contributed by atoms with van der Waals surface area (Å²) in [5.41, 5.74) is 1.55. The van der Waals surface area contributed by atoms with E-state index in [1.54, 1.807) is 32.0 Å². The van der Waals surface area contributed by atoms with Crippen molar-refractivity contribution in [2.75, 3.05) is 6.54 Å². The van der Waals surface area contributed by atoms with E-state index in [0.717, 1.165) is 5.62 Å². The van der Waals surface area contributed by atoms with Gasteiger partial charge in [0.2, 0.25) is 15.7 Å². The topological polar surface area (TPSA) is 80.3 Å². The zero-order valence-electron chi connectivity index (χ0n) is 10.8. The van der Waals surface area contributed by atoms with Crippen LogP contribution in [0.2, 0.25) is 0 Å². The van der Waals surface area contributed by atoms with E-state index in [9.17, 15) is 18.0 Å². The molecule has 1 N–H and O–H groups in total. The minimum absolute atomic E-state index is 0.0520. The molecule has 5 nitrogen and oxygen atoms in total. The molecular weight excluding hydrogens is 266 g/mol. The minimum Gasteiger partial charge on any atom is -0.356 e. The van der Waals surface area contributed by atoms with Crippen LogP contribution in [0.3, 0.4) is 0 Å².